The van der Waals surface area contributed by atoms with Gasteiger partial charge in [0, 0.05) is 35.5 Å². The van der Waals surface area contributed by atoms with Crippen molar-refractivity contribution < 1.29 is 22.7 Å². The van der Waals surface area contributed by atoms with Crippen LogP contribution in [0.5, 0.6) is 11.5 Å². The van der Waals surface area contributed by atoms with Crippen molar-refractivity contribution in [3.8, 4) is 11.5 Å². The van der Waals surface area contributed by atoms with E-state index in [0.29, 0.717) is 34.6 Å². The molecule has 1 aromatic carbocycles. The third-order valence-corrected chi connectivity index (χ3v) is 6.40. The minimum atomic E-state index is -3.13. The van der Waals surface area contributed by atoms with Crippen LogP contribution in [-0.2, 0) is 16.4 Å². The molecule has 1 amide bonds. The predicted octanol–water partition coefficient (Wildman–Crippen LogP) is 1.66. The van der Waals surface area contributed by atoms with Gasteiger partial charge in [-0.15, -0.1) is 0 Å². The second-order valence-electron chi connectivity index (χ2n) is 6.61. The Morgan fingerprint density at radius 1 is 1.17 bits per heavy atom. The van der Waals surface area contributed by atoms with Crippen LogP contribution in [0, 0.1) is 0 Å². The molecule has 0 aliphatic heterocycles. The van der Waals surface area contributed by atoms with Crippen LogP contribution in [0.1, 0.15) is 22.8 Å². The molecule has 0 saturated carbocycles. The molecule has 1 N–H and O–H groups in total. The number of rotatable bonds is 9. The number of carbonyl (C=O) groups excluding carboxylic acids is 1. The number of methoxy groups -OCH3 is 2. The molecule has 0 spiro atoms. The number of hydrogen-bond acceptors (Lipinski definition) is 7. The average molecular weight is 433 g/mol. The Labute approximate surface area is 174 Å². The maximum absolute atomic E-state index is 12.3. The van der Waals surface area contributed by atoms with E-state index in [0.717, 1.165) is 5.56 Å². The lowest BCUT2D eigenvalue weighted by molar-refractivity contribution is 0.0956. The summed E-state index contributed by atoms with van der Waals surface area (Å²) < 4.78 is 35.4. The smallest absolute Gasteiger partial charge is 0.252 e. The summed E-state index contributed by atoms with van der Waals surface area (Å²) in [5.74, 6) is 0.957. The molecular weight excluding hydrogens is 408 g/mol. The van der Waals surface area contributed by atoms with E-state index in [1.807, 2.05) is 12.1 Å². The second-order valence-corrected chi connectivity index (χ2v) is 9.08. The number of carbonyl (C=O) groups is 1. The number of pyridine rings is 1. The summed E-state index contributed by atoms with van der Waals surface area (Å²) in [4.78, 5) is 16.7. The molecule has 10 heteroatoms. The minimum Gasteiger partial charge on any atom is -0.497 e. The number of sulfone groups is 1. The molecule has 30 heavy (non-hydrogen) atoms. The molecule has 2 aromatic heterocycles. The van der Waals surface area contributed by atoms with Crippen LogP contribution in [0.4, 0.5) is 0 Å². The molecule has 3 aromatic rings. The number of aromatic nitrogens is 3. The van der Waals surface area contributed by atoms with E-state index >= 15 is 0 Å². The van der Waals surface area contributed by atoms with E-state index < -0.39 is 9.84 Å². The van der Waals surface area contributed by atoms with Gasteiger partial charge in [0.25, 0.3) is 5.91 Å². The Morgan fingerprint density at radius 2 is 1.97 bits per heavy atom. The maximum atomic E-state index is 12.3. The summed E-state index contributed by atoms with van der Waals surface area (Å²) in [5, 5.41) is 7.69. The number of amides is 1. The number of ether oxygens (including phenoxy) is 2. The highest BCUT2D eigenvalue weighted by atomic mass is 32.2. The lowest BCUT2D eigenvalue weighted by Gasteiger charge is -2.11. The fraction of sp³-hybridized carbons (Fsp3) is 0.350. The standard InChI is InChI=1S/C20H24N4O5S/c1-4-30(26,27)8-7-21-20(25)16-9-15-12-23-24(19(15)22-11-16)13-14-5-6-17(28-2)10-18(14)29-3/h5-6,9-12H,4,7-8,13H2,1-3H3,(H,21,25). The monoisotopic (exact) mass is 432 g/mol. The molecule has 0 aliphatic rings. The molecule has 9 nitrogen and oxygen atoms in total. The number of fused-ring (bicyclic) bond motifs is 1. The highest BCUT2D eigenvalue weighted by Gasteiger charge is 2.14. The Bertz CT molecular complexity index is 1160. The van der Waals surface area contributed by atoms with Crippen LogP contribution in [-0.4, -0.2) is 61.4 Å². The molecule has 0 radical (unpaired) electrons. The Balaban J connectivity index is 1.75. The number of nitrogens with one attached hydrogen (secondary N) is 1. The zero-order valence-electron chi connectivity index (χ0n) is 17.1. The fourth-order valence-electron chi connectivity index (χ4n) is 2.92. The Kier molecular flexibility index (Phi) is 6.56. The van der Waals surface area contributed by atoms with Crippen molar-refractivity contribution in [1.29, 1.82) is 0 Å². The van der Waals surface area contributed by atoms with Gasteiger partial charge in [0.2, 0.25) is 0 Å². The molecule has 0 aliphatic carbocycles. The molecule has 160 valence electrons. The van der Waals surface area contributed by atoms with Crippen molar-refractivity contribution in [2.45, 2.75) is 13.5 Å². The van der Waals surface area contributed by atoms with Gasteiger partial charge in [0.1, 0.15) is 11.5 Å². The van der Waals surface area contributed by atoms with Crippen molar-refractivity contribution >= 4 is 26.8 Å². The van der Waals surface area contributed by atoms with Gasteiger partial charge < -0.3 is 14.8 Å². The molecule has 0 saturated heterocycles. The molecule has 3 rings (SSSR count). The number of benzene rings is 1. The first-order valence-corrected chi connectivity index (χ1v) is 11.2. The van der Waals surface area contributed by atoms with Crippen LogP contribution < -0.4 is 14.8 Å². The lowest BCUT2D eigenvalue weighted by Crippen LogP contribution is -2.29. The molecular formula is C20H24N4O5S. The van der Waals surface area contributed by atoms with Crippen molar-refractivity contribution in [2.24, 2.45) is 0 Å². The van der Waals surface area contributed by atoms with E-state index in [1.54, 1.807) is 44.2 Å². The quantitative estimate of drug-likeness (QED) is 0.547. The first kappa shape index (κ1) is 21.6. The summed E-state index contributed by atoms with van der Waals surface area (Å²) in [6.07, 6.45) is 3.09. The SMILES string of the molecule is CCS(=O)(=O)CCNC(=O)c1cnc2c(cnn2Cc2ccc(OC)cc2OC)c1. The maximum Gasteiger partial charge on any atom is 0.252 e. The van der Waals surface area contributed by atoms with Gasteiger partial charge in [0.05, 0.1) is 38.3 Å². The topological polar surface area (TPSA) is 112 Å². The van der Waals surface area contributed by atoms with Gasteiger partial charge in [0.15, 0.2) is 15.5 Å². The minimum absolute atomic E-state index is 0.0501. The van der Waals surface area contributed by atoms with Crippen LogP contribution in [0.15, 0.2) is 36.7 Å². The average Bonchev–Trinajstić information content (AvgIpc) is 3.15. The fourth-order valence-corrected chi connectivity index (χ4v) is 3.62. The van der Waals surface area contributed by atoms with Crippen LogP contribution in [0.2, 0.25) is 0 Å². The van der Waals surface area contributed by atoms with Crippen molar-refractivity contribution in [3.63, 3.8) is 0 Å². The van der Waals surface area contributed by atoms with E-state index in [4.69, 9.17) is 9.47 Å². The Morgan fingerprint density at radius 3 is 2.67 bits per heavy atom. The molecule has 0 fully saturated rings. The van der Waals surface area contributed by atoms with Gasteiger partial charge in [-0.1, -0.05) is 6.92 Å². The van der Waals surface area contributed by atoms with Crippen LogP contribution in [0.3, 0.4) is 0 Å². The first-order valence-electron chi connectivity index (χ1n) is 9.38. The van der Waals surface area contributed by atoms with Gasteiger partial charge in [-0.3, -0.25) is 4.79 Å². The first-order chi connectivity index (χ1) is 14.4. The van der Waals surface area contributed by atoms with Crippen molar-refractivity contribution in [3.05, 3.63) is 47.8 Å². The van der Waals surface area contributed by atoms with Gasteiger partial charge in [-0.2, -0.15) is 5.10 Å². The normalized spacial score (nSPS) is 11.4. The molecule has 0 unspecified atom stereocenters. The highest BCUT2D eigenvalue weighted by Crippen LogP contribution is 2.26. The predicted molar refractivity (Wildman–Crippen MR) is 113 cm³/mol. The zero-order valence-corrected chi connectivity index (χ0v) is 17.9. The number of hydrogen-bond donors (Lipinski definition) is 1. The highest BCUT2D eigenvalue weighted by molar-refractivity contribution is 7.91. The van der Waals surface area contributed by atoms with E-state index in [9.17, 15) is 13.2 Å². The Hall–Kier alpha value is -3.14. The van der Waals surface area contributed by atoms with Gasteiger partial charge >= 0.3 is 0 Å². The van der Waals surface area contributed by atoms with E-state index in [1.165, 1.54) is 6.20 Å². The number of nitrogens with zero attached hydrogens (tertiary/aromatic N) is 3. The third-order valence-electron chi connectivity index (χ3n) is 4.69. The van der Waals surface area contributed by atoms with Gasteiger partial charge in [-0.25, -0.2) is 18.1 Å². The summed E-state index contributed by atoms with van der Waals surface area (Å²) in [6, 6.07) is 7.23. The summed E-state index contributed by atoms with van der Waals surface area (Å²) >= 11 is 0. The summed E-state index contributed by atoms with van der Waals surface area (Å²) in [6.45, 7) is 2.07. The van der Waals surface area contributed by atoms with Crippen LogP contribution in [0.25, 0.3) is 11.0 Å². The summed E-state index contributed by atoms with van der Waals surface area (Å²) in [7, 11) is 0.0542. The lowest BCUT2D eigenvalue weighted by atomic mass is 10.2. The molecule has 0 bridgehead atoms. The summed E-state index contributed by atoms with van der Waals surface area (Å²) in [5.41, 5.74) is 1.88. The zero-order chi connectivity index (χ0) is 21.7. The third kappa shape index (κ3) is 4.88. The van der Waals surface area contributed by atoms with Crippen molar-refractivity contribution in [2.75, 3.05) is 32.3 Å². The largest absolute Gasteiger partial charge is 0.497 e. The van der Waals surface area contributed by atoms with Crippen LogP contribution >= 0.6 is 0 Å². The van der Waals surface area contributed by atoms with Crippen molar-refractivity contribution in [1.82, 2.24) is 20.1 Å². The molecule has 2 heterocycles. The second kappa shape index (κ2) is 9.12. The van der Waals surface area contributed by atoms with E-state index in [2.05, 4.69) is 15.4 Å². The van der Waals surface area contributed by atoms with Gasteiger partial charge in [-0.05, 0) is 18.2 Å². The van der Waals surface area contributed by atoms with E-state index in [-0.39, 0.29) is 24.0 Å². The molecule has 0 atom stereocenters.